The molecule has 17 heavy (non-hydrogen) atoms. The van der Waals surface area contributed by atoms with E-state index >= 15 is 0 Å². The van der Waals surface area contributed by atoms with E-state index in [0.29, 0.717) is 0 Å². The van der Waals surface area contributed by atoms with Crippen LogP contribution >= 0.6 is 0 Å². The second-order valence-corrected chi connectivity index (χ2v) is 5.59. The Morgan fingerprint density at radius 3 is 2.88 bits per heavy atom. The van der Waals surface area contributed by atoms with Crippen LogP contribution in [-0.4, -0.2) is 21.5 Å². The normalized spacial score (nSPS) is 31.9. The van der Waals surface area contributed by atoms with Crippen LogP contribution in [0.15, 0.2) is 18.7 Å². The summed E-state index contributed by atoms with van der Waals surface area (Å²) in [4.78, 5) is 16.0. The molecule has 0 saturated heterocycles. The molecule has 3 rings (SSSR count). The zero-order chi connectivity index (χ0) is 11.8. The molecule has 3 atom stereocenters. The van der Waals surface area contributed by atoms with Gasteiger partial charge in [0.25, 0.3) is 0 Å². The Bertz CT molecular complexity index is 391. The molecule has 3 unspecified atom stereocenters. The average Bonchev–Trinajstić information content (AvgIpc) is 2.74. The Hall–Kier alpha value is -1.32. The lowest BCUT2D eigenvalue weighted by molar-refractivity contribution is -0.125. The maximum Gasteiger partial charge on any atom is 0.223 e. The summed E-state index contributed by atoms with van der Waals surface area (Å²) in [5, 5.41) is 3.11. The van der Waals surface area contributed by atoms with Crippen LogP contribution in [-0.2, 0) is 11.3 Å². The van der Waals surface area contributed by atoms with Gasteiger partial charge in [-0.15, -0.1) is 0 Å². The quantitative estimate of drug-likeness (QED) is 0.855. The van der Waals surface area contributed by atoms with Crippen LogP contribution in [0.1, 0.15) is 26.2 Å². The minimum atomic E-state index is 0.175. The highest BCUT2D eigenvalue weighted by atomic mass is 16.1. The van der Waals surface area contributed by atoms with Gasteiger partial charge >= 0.3 is 0 Å². The van der Waals surface area contributed by atoms with Crippen LogP contribution in [0, 0.1) is 17.8 Å². The lowest BCUT2D eigenvalue weighted by Crippen LogP contribution is -2.39. The Kier molecular flexibility index (Phi) is 2.65. The number of carbonyl (C=O) groups is 1. The van der Waals surface area contributed by atoms with Gasteiger partial charge in [-0.2, -0.15) is 0 Å². The van der Waals surface area contributed by atoms with Crippen LogP contribution in [0.3, 0.4) is 0 Å². The lowest BCUT2D eigenvalue weighted by Gasteiger charge is -2.18. The van der Waals surface area contributed by atoms with Gasteiger partial charge in [0.2, 0.25) is 5.91 Å². The van der Waals surface area contributed by atoms with E-state index in [0.717, 1.165) is 31.2 Å². The van der Waals surface area contributed by atoms with Crippen molar-refractivity contribution in [3.05, 3.63) is 18.7 Å². The predicted molar refractivity (Wildman–Crippen MR) is 64.2 cm³/mol. The molecule has 1 aromatic heterocycles. The molecule has 1 amide bonds. The summed E-state index contributed by atoms with van der Waals surface area (Å²) in [7, 11) is 0. The Labute approximate surface area is 101 Å². The molecule has 2 saturated carbocycles. The van der Waals surface area contributed by atoms with Crippen molar-refractivity contribution in [1.29, 1.82) is 0 Å². The van der Waals surface area contributed by atoms with Crippen LogP contribution < -0.4 is 5.32 Å². The van der Waals surface area contributed by atoms with Crippen molar-refractivity contribution in [3.63, 3.8) is 0 Å². The fraction of sp³-hybridized carbons (Fsp3) is 0.692. The van der Waals surface area contributed by atoms with Gasteiger partial charge in [0, 0.05) is 30.9 Å². The predicted octanol–water partition coefficient (Wildman–Crippen LogP) is 1.43. The minimum absolute atomic E-state index is 0.175. The molecular formula is C13H19N3O. The first-order valence-electron chi connectivity index (χ1n) is 6.48. The third kappa shape index (κ3) is 2.35. The van der Waals surface area contributed by atoms with Crippen molar-refractivity contribution in [3.8, 4) is 0 Å². The third-order valence-corrected chi connectivity index (χ3v) is 4.05. The van der Waals surface area contributed by atoms with E-state index in [-0.39, 0.29) is 17.9 Å². The van der Waals surface area contributed by atoms with Crippen molar-refractivity contribution in [2.24, 2.45) is 17.8 Å². The zero-order valence-corrected chi connectivity index (χ0v) is 10.2. The summed E-state index contributed by atoms with van der Waals surface area (Å²) in [6.45, 7) is 2.85. The van der Waals surface area contributed by atoms with Gasteiger partial charge in [-0.3, -0.25) is 4.79 Å². The topological polar surface area (TPSA) is 46.9 Å². The van der Waals surface area contributed by atoms with E-state index in [1.54, 1.807) is 12.5 Å². The van der Waals surface area contributed by atoms with Crippen molar-refractivity contribution < 1.29 is 4.79 Å². The number of carbonyl (C=O) groups excluding carboxylic acids is 1. The molecule has 1 aromatic rings. The van der Waals surface area contributed by atoms with Gasteiger partial charge in [-0.1, -0.05) is 0 Å². The highest BCUT2D eigenvalue weighted by Crippen LogP contribution is 2.54. The average molecular weight is 233 g/mol. The van der Waals surface area contributed by atoms with Crippen molar-refractivity contribution >= 4 is 5.91 Å². The van der Waals surface area contributed by atoms with Gasteiger partial charge < -0.3 is 9.88 Å². The molecule has 2 fully saturated rings. The minimum Gasteiger partial charge on any atom is -0.352 e. The molecule has 1 heterocycles. The Balaban J connectivity index is 1.47. The summed E-state index contributed by atoms with van der Waals surface area (Å²) >= 11 is 0. The molecule has 0 spiro atoms. The monoisotopic (exact) mass is 233 g/mol. The Morgan fingerprint density at radius 2 is 2.24 bits per heavy atom. The molecule has 2 aliphatic rings. The van der Waals surface area contributed by atoms with Gasteiger partial charge in [-0.05, 0) is 38.0 Å². The lowest BCUT2D eigenvalue weighted by atomic mass is 10.0. The SMILES string of the molecule is CC(Cn1ccnc1)NC(=O)C1CC2CC2C1. The molecule has 0 bridgehead atoms. The van der Waals surface area contributed by atoms with Crippen molar-refractivity contribution in [2.75, 3.05) is 0 Å². The molecule has 0 radical (unpaired) electrons. The van der Waals surface area contributed by atoms with Crippen molar-refractivity contribution in [1.82, 2.24) is 14.9 Å². The number of nitrogens with one attached hydrogen (secondary N) is 1. The molecule has 4 nitrogen and oxygen atoms in total. The van der Waals surface area contributed by atoms with E-state index < -0.39 is 0 Å². The van der Waals surface area contributed by atoms with E-state index in [2.05, 4.69) is 10.3 Å². The molecular weight excluding hydrogens is 214 g/mol. The van der Waals surface area contributed by atoms with Crippen molar-refractivity contribution in [2.45, 2.75) is 38.8 Å². The number of fused-ring (bicyclic) bond motifs is 1. The van der Waals surface area contributed by atoms with Gasteiger partial charge in [0.1, 0.15) is 0 Å². The summed E-state index contributed by atoms with van der Waals surface area (Å²) in [5.74, 6) is 2.28. The number of imidazole rings is 1. The maximum absolute atomic E-state index is 12.0. The van der Waals surface area contributed by atoms with Crippen LogP contribution in [0.4, 0.5) is 0 Å². The summed E-state index contributed by atoms with van der Waals surface area (Å²) in [6.07, 6.45) is 9.08. The number of hydrogen-bond acceptors (Lipinski definition) is 2. The molecule has 4 heteroatoms. The van der Waals surface area contributed by atoms with Gasteiger partial charge in [0.15, 0.2) is 0 Å². The molecule has 2 aliphatic carbocycles. The largest absolute Gasteiger partial charge is 0.352 e. The second-order valence-electron chi connectivity index (χ2n) is 5.59. The first kappa shape index (κ1) is 10.8. The van der Waals surface area contributed by atoms with E-state index in [4.69, 9.17) is 0 Å². The highest BCUT2D eigenvalue weighted by molar-refractivity contribution is 5.79. The fourth-order valence-electron chi connectivity index (χ4n) is 3.05. The number of rotatable bonds is 4. The Morgan fingerprint density at radius 1 is 1.47 bits per heavy atom. The first-order valence-corrected chi connectivity index (χ1v) is 6.48. The number of amides is 1. The molecule has 0 aromatic carbocycles. The summed E-state index contributed by atoms with van der Waals surface area (Å²) in [5.41, 5.74) is 0. The van der Waals surface area contributed by atoms with Gasteiger partial charge in [0.05, 0.1) is 6.33 Å². The smallest absolute Gasteiger partial charge is 0.223 e. The third-order valence-electron chi connectivity index (χ3n) is 4.05. The number of hydrogen-bond donors (Lipinski definition) is 1. The number of aromatic nitrogens is 2. The highest BCUT2D eigenvalue weighted by Gasteiger charge is 2.48. The molecule has 0 aliphatic heterocycles. The number of nitrogens with zero attached hydrogens (tertiary/aromatic N) is 2. The summed E-state index contributed by atoms with van der Waals surface area (Å²) < 4.78 is 2.00. The van der Waals surface area contributed by atoms with Crippen LogP contribution in [0.25, 0.3) is 0 Å². The van der Waals surface area contributed by atoms with E-state index in [9.17, 15) is 4.79 Å². The van der Waals surface area contributed by atoms with E-state index in [1.807, 2.05) is 17.7 Å². The maximum atomic E-state index is 12.0. The molecule has 1 N–H and O–H groups in total. The standard InChI is InChI=1S/C13H19N3O/c1-9(7-16-3-2-14-8-16)15-13(17)12-5-10-4-11(10)6-12/h2-3,8-12H,4-7H2,1H3,(H,15,17). The van der Waals surface area contributed by atoms with Crippen LogP contribution in [0.5, 0.6) is 0 Å². The fourth-order valence-corrected chi connectivity index (χ4v) is 3.05. The molecule has 92 valence electrons. The summed E-state index contributed by atoms with van der Waals surface area (Å²) in [6, 6.07) is 0.175. The van der Waals surface area contributed by atoms with E-state index in [1.165, 1.54) is 6.42 Å². The van der Waals surface area contributed by atoms with Crippen LogP contribution in [0.2, 0.25) is 0 Å². The first-order chi connectivity index (χ1) is 8.22. The van der Waals surface area contributed by atoms with Gasteiger partial charge in [-0.25, -0.2) is 4.98 Å². The second kappa shape index (κ2) is 4.17. The zero-order valence-electron chi connectivity index (χ0n) is 10.2.